The Morgan fingerprint density at radius 2 is 1.93 bits per heavy atom. The maximum absolute atomic E-state index is 12.6. The van der Waals surface area contributed by atoms with Crippen molar-refractivity contribution in [3.05, 3.63) is 62.0 Å². The van der Waals surface area contributed by atoms with Crippen molar-refractivity contribution in [2.45, 2.75) is 37.3 Å². The summed E-state index contributed by atoms with van der Waals surface area (Å²) in [5.41, 5.74) is 12.7. The van der Waals surface area contributed by atoms with Crippen LogP contribution in [0.2, 0.25) is 0 Å². The molecule has 2 bridgehead atoms. The molecule has 2 aliphatic heterocycles. The standard InChI is InChI=1S/C22H23IN4O2/c1-27-16-8-10-20(27)21(22(28)29-2)17(12-16)14-5-3-13(4-6-14)15-7-9-19(25-26-24)18(23)11-15/h3-7,9,11,16-17,20-21H,8,10,12H2,1-2H3/t16?,17-,20?,21+/m1/s1. The Morgan fingerprint density at radius 3 is 2.59 bits per heavy atom. The largest absolute Gasteiger partial charge is 0.469 e. The van der Waals surface area contributed by atoms with Gasteiger partial charge in [0.05, 0.1) is 18.7 Å². The molecule has 0 saturated carbocycles. The van der Waals surface area contributed by atoms with E-state index in [0.29, 0.717) is 11.7 Å². The van der Waals surface area contributed by atoms with E-state index in [1.165, 1.54) is 12.7 Å². The topological polar surface area (TPSA) is 78.3 Å². The Kier molecular flexibility index (Phi) is 5.81. The molecule has 4 atom stereocenters. The van der Waals surface area contributed by atoms with Gasteiger partial charge in [0.1, 0.15) is 0 Å². The third kappa shape index (κ3) is 3.74. The quantitative estimate of drug-likeness (QED) is 0.179. The number of benzene rings is 2. The summed E-state index contributed by atoms with van der Waals surface area (Å²) in [6, 6.07) is 15.2. The molecule has 2 saturated heterocycles. The van der Waals surface area contributed by atoms with Gasteiger partial charge in [0.15, 0.2) is 0 Å². The highest BCUT2D eigenvalue weighted by molar-refractivity contribution is 14.1. The molecule has 0 radical (unpaired) electrons. The van der Waals surface area contributed by atoms with Crippen molar-refractivity contribution in [3.63, 3.8) is 0 Å². The van der Waals surface area contributed by atoms with E-state index >= 15 is 0 Å². The maximum atomic E-state index is 12.6. The second-order valence-corrected chi connectivity index (χ2v) is 8.99. The molecule has 29 heavy (non-hydrogen) atoms. The Bertz CT molecular complexity index is 971. The minimum absolute atomic E-state index is 0.0977. The van der Waals surface area contributed by atoms with E-state index in [-0.39, 0.29) is 23.8 Å². The molecular weight excluding hydrogens is 479 g/mol. The van der Waals surface area contributed by atoms with Gasteiger partial charge in [-0.15, -0.1) is 0 Å². The third-order valence-electron chi connectivity index (χ3n) is 6.51. The highest BCUT2D eigenvalue weighted by Crippen LogP contribution is 2.46. The van der Waals surface area contributed by atoms with Gasteiger partial charge in [-0.2, -0.15) is 0 Å². The number of azide groups is 1. The highest BCUT2D eigenvalue weighted by Gasteiger charge is 2.49. The molecule has 2 heterocycles. The minimum atomic E-state index is -0.112. The molecular formula is C22H23IN4O2. The van der Waals surface area contributed by atoms with Crippen molar-refractivity contribution >= 4 is 34.2 Å². The Labute approximate surface area is 184 Å². The summed E-state index contributed by atoms with van der Waals surface area (Å²) >= 11 is 2.18. The number of halogens is 1. The van der Waals surface area contributed by atoms with Crippen molar-refractivity contribution in [1.29, 1.82) is 0 Å². The SMILES string of the molecule is COC(=O)[C@@H]1C2CCC(C[C@@H]1c1ccc(-c3ccc(N=[N+]=[N-])c(I)c3)cc1)N2C. The van der Waals surface area contributed by atoms with Gasteiger partial charge in [-0.25, -0.2) is 0 Å². The zero-order chi connectivity index (χ0) is 20.5. The normalized spacial score (nSPS) is 26.0. The Balaban J connectivity index is 1.62. The fraction of sp³-hybridized carbons (Fsp3) is 0.409. The first-order valence-corrected chi connectivity index (χ1v) is 10.9. The first-order valence-electron chi connectivity index (χ1n) is 9.78. The van der Waals surface area contributed by atoms with Crippen molar-refractivity contribution < 1.29 is 9.53 Å². The second-order valence-electron chi connectivity index (χ2n) is 7.83. The van der Waals surface area contributed by atoms with Crippen molar-refractivity contribution in [3.8, 4) is 11.1 Å². The van der Waals surface area contributed by atoms with Gasteiger partial charge < -0.3 is 4.74 Å². The van der Waals surface area contributed by atoms with Crippen molar-refractivity contribution in [2.24, 2.45) is 11.0 Å². The van der Waals surface area contributed by atoms with Crippen LogP contribution in [-0.2, 0) is 9.53 Å². The summed E-state index contributed by atoms with van der Waals surface area (Å²) in [7, 11) is 3.63. The molecule has 0 spiro atoms. The van der Waals surface area contributed by atoms with Crippen LogP contribution in [0.3, 0.4) is 0 Å². The van der Waals surface area contributed by atoms with Crippen LogP contribution in [0.1, 0.15) is 30.7 Å². The molecule has 0 aliphatic carbocycles. The fourth-order valence-corrected chi connectivity index (χ4v) is 5.63. The number of hydrogen-bond acceptors (Lipinski definition) is 4. The van der Waals surface area contributed by atoms with Crippen LogP contribution in [-0.4, -0.2) is 37.1 Å². The molecule has 2 aromatic rings. The number of hydrogen-bond donors (Lipinski definition) is 0. The van der Waals surface area contributed by atoms with Crippen LogP contribution in [0.25, 0.3) is 21.6 Å². The Morgan fingerprint density at radius 1 is 1.21 bits per heavy atom. The maximum Gasteiger partial charge on any atom is 0.310 e. The smallest absolute Gasteiger partial charge is 0.310 e. The zero-order valence-corrected chi connectivity index (χ0v) is 18.6. The van der Waals surface area contributed by atoms with Crippen molar-refractivity contribution in [1.82, 2.24) is 4.90 Å². The lowest BCUT2D eigenvalue weighted by molar-refractivity contribution is -0.150. The molecule has 0 N–H and O–H groups in total. The number of carbonyl (C=O) groups excluding carboxylic acids is 1. The first-order chi connectivity index (χ1) is 14.0. The third-order valence-corrected chi connectivity index (χ3v) is 7.38. The van der Waals surface area contributed by atoms with E-state index in [1.54, 1.807) is 0 Å². The number of methoxy groups -OCH3 is 1. The molecule has 6 nitrogen and oxygen atoms in total. The van der Waals surface area contributed by atoms with Gasteiger partial charge in [-0.05, 0) is 77.2 Å². The minimum Gasteiger partial charge on any atom is -0.469 e. The van der Waals surface area contributed by atoms with E-state index in [1.807, 2.05) is 18.2 Å². The second kappa shape index (κ2) is 8.34. The zero-order valence-electron chi connectivity index (χ0n) is 16.5. The van der Waals surface area contributed by atoms with Gasteiger partial charge in [0.25, 0.3) is 0 Å². The molecule has 0 amide bonds. The molecule has 2 unspecified atom stereocenters. The summed E-state index contributed by atoms with van der Waals surface area (Å²) in [5, 5.41) is 3.70. The van der Waals surface area contributed by atoms with Crippen LogP contribution in [0.5, 0.6) is 0 Å². The summed E-state index contributed by atoms with van der Waals surface area (Å²) in [4.78, 5) is 17.8. The van der Waals surface area contributed by atoms with Gasteiger partial charge >= 0.3 is 5.97 Å². The lowest BCUT2D eigenvalue weighted by Gasteiger charge is -2.41. The average Bonchev–Trinajstić information content (AvgIpc) is 2.97. The highest BCUT2D eigenvalue weighted by atomic mass is 127. The van der Waals surface area contributed by atoms with Crippen molar-refractivity contribution in [2.75, 3.05) is 14.2 Å². The van der Waals surface area contributed by atoms with E-state index < -0.39 is 0 Å². The van der Waals surface area contributed by atoms with Crippen LogP contribution >= 0.6 is 22.6 Å². The van der Waals surface area contributed by atoms with Crippen LogP contribution in [0.4, 0.5) is 5.69 Å². The number of rotatable bonds is 4. The number of esters is 1. The summed E-state index contributed by atoms with van der Waals surface area (Å²) < 4.78 is 6.09. The predicted molar refractivity (Wildman–Crippen MR) is 121 cm³/mol. The molecule has 2 fully saturated rings. The van der Waals surface area contributed by atoms with E-state index in [4.69, 9.17) is 10.3 Å². The predicted octanol–water partition coefficient (Wildman–Crippen LogP) is 5.64. The molecule has 7 heteroatoms. The van der Waals surface area contributed by atoms with E-state index in [2.05, 4.69) is 68.8 Å². The molecule has 2 aromatic carbocycles. The summed E-state index contributed by atoms with van der Waals surface area (Å²) in [6.45, 7) is 0. The number of fused-ring (bicyclic) bond motifs is 2. The fourth-order valence-electron chi connectivity index (χ4n) is 5.01. The van der Waals surface area contributed by atoms with Crippen LogP contribution in [0.15, 0.2) is 47.6 Å². The van der Waals surface area contributed by atoms with E-state index in [0.717, 1.165) is 34.0 Å². The lowest BCUT2D eigenvalue weighted by atomic mass is 9.76. The monoisotopic (exact) mass is 502 g/mol. The number of nitrogens with zero attached hydrogens (tertiary/aromatic N) is 4. The van der Waals surface area contributed by atoms with Gasteiger partial charge in [0.2, 0.25) is 0 Å². The van der Waals surface area contributed by atoms with Gasteiger partial charge in [0, 0.05) is 26.5 Å². The molecule has 0 aromatic heterocycles. The number of carbonyl (C=O) groups is 1. The van der Waals surface area contributed by atoms with Gasteiger partial charge in [-0.1, -0.05) is 41.5 Å². The van der Waals surface area contributed by atoms with Crippen LogP contribution in [0, 0.1) is 9.49 Å². The summed E-state index contributed by atoms with van der Waals surface area (Å²) in [5.74, 6) is -0.0178. The summed E-state index contributed by atoms with van der Waals surface area (Å²) in [6.07, 6.45) is 3.20. The first kappa shape index (κ1) is 20.2. The number of ether oxygens (including phenoxy) is 1. The molecule has 4 rings (SSSR count). The molecule has 150 valence electrons. The Hall–Kier alpha value is -2.09. The van der Waals surface area contributed by atoms with Gasteiger partial charge in [-0.3, -0.25) is 9.69 Å². The lowest BCUT2D eigenvalue weighted by Crippen LogP contribution is -2.49. The van der Waals surface area contributed by atoms with E-state index in [9.17, 15) is 4.79 Å². The molecule has 2 aliphatic rings. The number of piperidine rings is 1. The van der Waals surface area contributed by atoms with Crippen LogP contribution < -0.4 is 0 Å². The average molecular weight is 502 g/mol.